The molecule has 2 aromatic carbocycles. The summed E-state index contributed by atoms with van der Waals surface area (Å²) >= 11 is 0. The van der Waals surface area contributed by atoms with E-state index < -0.39 is 48.8 Å². The van der Waals surface area contributed by atoms with Crippen LogP contribution in [0.3, 0.4) is 0 Å². The third kappa shape index (κ3) is 5.19. The Balaban J connectivity index is 1.67. The maximum Gasteiger partial charge on any atom is 0.416 e. The van der Waals surface area contributed by atoms with Crippen molar-refractivity contribution in [3.8, 4) is 5.75 Å². The second-order valence-corrected chi connectivity index (χ2v) is 7.37. The first-order valence-corrected chi connectivity index (χ1v) is 9.67. The van der Waals surface area contributed by atoms with Gasteiger partial charge in [-0.15, -0.1) is 0 Å². The van der Waals surface area contributed by atoms with Crippen LogP contribution in [-0.4, -0.2) is 37.0 Å². The number of fused-ring (bicyclic) bond motifs is 1. The van der Waals surface area contributed by atoms with Gasteiger partial charge in [0.15, 0.2) is 12.7 Å². The molecule has 10 heteroatoms. The number of ether oxygens (including phenoxy) is 2. The fourth-order valence-corrected chi connectivity index (χ4v) is 3.11. The number of anilines is 2. The highest BCUT2D eigenvalue weighted by Gasteiger charge is 2.35. The maximum atomic E-state index is 13.0. The topological polar surface area (TPSA) is 84.9 Å². The van der Waals surface area contributed by atoms with Crippen molar-refractivity contribution >= 4 is 29.2 Å². The fraction of sp³-hybridized carbons (Fsp3) is 0.318. The van der Waals surface area contributed by atoms with Crippen molar-refractivity contribution < 1.29 is 37.0 Å². The van der Waals surface area contributed by atoms with Gasteiger partial charge in [0.2, 0.25) is 5.91 Å². The standard InChI is InChI=1S/C22H21F3N2O5/c1-12-4-6-16(8-13(12)2)31-11-20(29)32-14(3)21(30)27-10-19(28)26-17-9-15(22(23,24)25)5-7-18(17)27/h4-9,14H,10-11H2,1-3H3,(H,26,28). The van der Waals surface area contributed by atoms with Crippen LogP contribution in [0.25, 0.3) is 0 Å². The Hall–Kier alpha value is -3.56. The van der Waals surface area contributed by atoms with E-state index in [2.05, 4.69) is 5.32 Å². The van der Waals surface area contributed by atoms with Gasteiger partial charge in [0, 0.05) is 0 Å². The molecular weight excluding hydrogens is 429 g/mol. The molecule has 2 aromatic rings. The molecule has 1 N–H and O–H groups in total. The summed E-state index contributed by atoms with van der Waals surface area (Å²) in [6, 6.07) is 7.95. The van der Waals surface area contributed by atoms with Gasteiger partial charge in [0.05, 0.1) is 16.9 Å². The SMILES string of the molecule is Cc1ccc(OCC(=O)OC(C)C(=O)N2CC(=O)Nc3cc(C(F)(F)F)ccc32)cc1C. The Bertz CT molecular complexity index is 1070. The van der Waals surface area contributed by atoms with Gasteiger partial charge < -0.3 is 14.8 Å². The van der Waals surface area contributed by atoms with Gasteiger partial charge >= 0.3 is 12.1 Å². The van der Waals surface area contributed by atoms with Crippen LogP contribution in [0.1, 0.15) is 23.6 Å². The van der Waals surface area contributed by atoms with E-state index in [1.807, 2.05) is 19.9 Å². The number of aryl methyl sites for hydroxylation is 2. The molecule has 0 saturated heterocycles. The summed E-state index contributed by atoms with van der Waals surface area (Å²) < 4.78 is 49.4. The lowest BCUT2D eigenvalue weighted by molar-refractivity contribution is -0.155. The first-order valence-electron chi connectivity index (χ1n) is 9.67. The second kappa shape index (κ2) is 8.89. The number of nitrogens with one attached hydrogen (secondary N) is 1. The largest absolute Gasteiger partial charge is 0.482 e. The van der Waals surface area contributed by atoms with Crippen LogP contribution in [0, 0.1) is 13.8 Å². The predicted octanol–water partition coefficient (Wildman–Crippen LogP) is 3.62. The van der Waals surface area contributed by atoms with Crippen LogP contribution in [-0.2, 0) is 25.3 Å². The number of benzene rings is 2. The van der Waals surface area contributed by atoms with Crippen molar-refractivity contribution in [3.05, 3.63) is 53.1 Å². The molecule has 2 amide bonds. The van der Waals surface area contributed by atoms with Crippen molar-refractivity contribution in [2.75, 3.05) is 23.4 Å². The third-order valence-electron chi connectivity index (χ3n) is 4.95. The summed E-state index contributed by atoms with van der Waals surface area (Å²) in [7, 11) is 0. The number of carbonyl (C=O) groups excluding carboxylic acids is 3. The Kier molecular flexibility index (Phi) is 6.42. The van der Waals surface area contributed by atoms with Gasteiger partial charge in [-0.1, -0.05) is 6.07 Å². The highest BCUT2D eigenvalue weighted by molar-refractivity contribution is 6.11. The van der Waals surface area contributed by atoms with Crippen molar-refractivity contribution in [1.29, 1.82) is 0 Å². The molecule has 0 saturated carbocycles. The maximum absolute atomic E-state index is 13.0. The lowest BCUT2D eigenvalue weighted by atomic mass is 10.1. The molecular formula is C22H21F3N2O5. The smallest absolute Gasteiger partial charge is 0.416 e. The van der Waals surface area contributed by atoms with E-state index in [1.165, 1.54) is 6.92 Å². The Morgan fingerprint density at radius 2 is 1.84 bits per heavy atom. The summed E-state index contributed by atoms with van der Waals surface area (Å²) in [4.78, 5) is 37.8. The number of nitrogens with zero attached hydrogens (tertiary/aromatic N) is 1. The van der Waals surface area contributed by atoms with Crippen molar-refractivity contribution in [1.82, 2.24) is 0 Å². The summed E-state index contributed by atoms with van der Waals surface area (Å²) in [6.45, 7) is 4.28. The van der Waals surface area contributed by atoms with E-state index in [0.717, 1.165) is 34.2 Å². The molecule has 1 atom stereocenters. The number of alkyl halides is 3. The van der Waals surface area contributed by atoms with Gasteiger partial charge in [-0.25, -0.2) is 4.79 Å². The van der Waals surface area contributed by atoms with E-state index in [1.54, 1.807) is 12.1 Å². The highest BCUT2D eigenvalue weighted by Crippen LogP contribution is 2.37. The molecule has 0 bridgehead atoms. The van der Waals surface area contributed by atoms with Crippen LogP contribution in [0.2, 0.25) is 0 Å². The highest BCUT2D eigenvalue weighted by atomic mass is 19.4. The van der Waals surface area contributed by atoms with E-state index in [4.69, 9.17) is 9.47 Å². The number of halogens is 3. The zero-order valence-corrected chi connectivity index (χ0v) is 17.6. The molecule has 0 radical (unpaired) electrons. The van der Waals surface area contributed by atoms with Gasteiger partial charge in [-0.2, -0.15) is 13.2 Å². The van der Waals surface area contributed by atoms with Crippen molar-refractivity contribution in [2.24, 2.45) is 0 Å². The molecule has 0 fully saturated rings. The average Bonchev–Trinajstić information content (AvgIpc) is 2.72. The minimum atomic E-state index is -4.61. The van der Waals surface area contributed by atoms with Crippen LogP contribution in [0.15, 0.2) is 36.4 Å². The molecule has 170 valence electrons. The average molecular weight is 450 g/mol. The van der Waals surface area contributed by atoms with Gasteiger partial charge in [0.1, 0.15) is 12.3 Å². The van der Waals surface area contributed by atoms with Crippen LogP contribution in [0.5, 0.6) is 5.75 Å². The zero-order valence-electron chi connectivity index (χ0n) is 17.6. The number of carbonyl (C=O) groups is 3. The van der Waals surface area contributed by atoms with E-state index in [-0.39, 0.29) is 11.4 Å². The Morgan fingerprint density at radius 1 is 1.12 bits per heavy atom. The molecule has 1 aliphatic rings. The zero-order chi connectivity index (χ0) is 23.6. The number of hydrogen-bond acceptors (Lipinski definition) is 5. The molecule has 32 heavy (non-hydrogen) atoms. The van der Waals surface area contributed by atoms with Crippen LogP contribution in [0.4, 0.5) is 24.5 Å². The Morgan fingerprint density at radius 3 is 2.50 bits per heavy atom. The summed E-state index contributed by atoms with van der Waals surface area (Å²) in [6.07, 6.45) is -5.89. The molecule has 1 aliphatic heterocycles. The molecule has 0 aliphatic carbocycles. The predicted molar refractivity (Wildman–Crippen MR) is 109 cm³/mol. The summed E-state index contributed by atoms with van der Waals surface area (Å²) in [5.74, 6) is -1.76. The normalized spacial score (nSPS) is 14.3. The van der Waals surface area contributed by atoms with Gasteiger partial charge in [-0.05, 0) is 62.2 Å². The summed E-state index contributed by atoms with van der Waals surface area (Å²) in [5, 5.41) is 2.32. The molecule has 0 spiro atoms. The number of esters is 1. The van der Waals surface area contributed by atoms with E-state index >= 15 is 0 Å². The lowest BCUT2D eigenvalue weighted by Gasteiger charge is -2.31. The van der Waals surface area contributed by atoms with E-state index in [0.29, 0.717) is 5.75 Å². The minimum Gasteiger partial charge on any atom is -0.482 e. The molecule has 3 rings (SSSR count). The first-order chi connectivity index (χ1) is 15.0. The number of hydrogen-bond donors (Lipinski definition) is 1. The molecule has 0 aromatic heterocycles. The number of rotatable bonds is 5. The van der Waals surface area contributed by atoms with Crippen molar-refractivity contribution in [3.63, 3.8) is 0 Å². The monoisotopic (exact) mass is 450 g/mol. The van der Waals surface area contributed by atoms with E-state index in [9.17, 15) is 27.6 Å². The van der Waals surface area contributed by atoms with Crippen molar-refractivity contribution in [2.45, 2.75) is 33.1 Å². The molecule has 1 unspecified atom stereocenters. The number of amides is 2. The third-order valence-corrected chi connectivity index (χ3v) is 4.95. The molecule has 1 heterocycles. The minimum absolute atomic E-state index is 0.0804. The lowest BCUT2D eigenvalue weighted by Crippen LogP contribution is -2.47. The van der Waals surface area contributed by atoms with Gasteiger partial charge in [-0.3, -0.25) is 14.5 Å². The molecule has 7 nitrogen and oxygen atoms in total. The Labute approximate surface area is 182 Å². The van der Waals surface area contributed by atoms with Crippen LogP contribution >= 0.6 is 0 Å². The first kappa shape index (κ1) is 23.1. The van der Waals surface area contributed by atoms with Gasteiger partial charge in [0.25, 0.3) is 5.91 Å². The fourth-order valence-electron chi connectivity index (χ4n) is 3.11. The summed E-state index contributed by atoms with van der Waals surface area (Å²) in [5.41, 5.74) is 1.01. The second-order valence-electron chi connectivity index (χ2n) is 7.37. The van der Waals surface area contributed by atoms with Crippen LogP contribution < -0.4 is 15.0 Å². The quantitative estimate of drug-likeness (QED) is 0.704.